The van der Waals surface area contributed by atoms with Gasteiger partial charge in [-0.25, -0.2) is 19.0 Å². The Labute approximate surface area is 208 Å². The highest BCUT2D eigenvalue weighted by Gasteiger charge is 2.34. The van der Waals surface area contributed by atoms with Crippen LogP contribution in [0.15, 0.2) is 17.1 Å². The van der Waals surface area contributed by atoms with E-state index in [1.165, 1.54) is 21.7 Å². The number of hydrogen-bond acceptors (Lipinski definition) is 8. The molecule has 2 N–H and O–H groups in total. The third-order valence-electron chi connectivity index (χ3n) is 5.74. The second-order valence-electron chi connectivity index (χ2n) is 8.16. The van der Waals surface area contributed by atoms with Gasteiger partial charge in [0.2, 0.25) is 5.91 Å². The van der Waals surface area contributed by atoms with Gasteiger partial charge < -0.3 is 15.0 Å². The van der Waals surface area contributed by atoms with Gasteiger partial charge in [-0.1, -0.05) is 0 Å². The number of nitrogens with one attached hydrogen (secondary N) is 2. The summed E-state index contributed by atoms with van der Waals surface area (Å²) >= 11 is 1.54. The maximum Gasteiger partial charge on any atom is 0.414 e. The van der Waals surface area contributed by atoms with Crippen molar-refractivity contribution >= 4 is 46.1 Å². The van der Waals surface area contributed by atoms with Crippen LogP contribution < -0.4 is 20.5 Å². The molecule has 2 fully saturated rings. The normalized spacial score (nSPS) is 20.5. The van der Waals surface area contributed by atoms with Gasteiger partial charge in [0.1, 0.15) is 11.8 Å². The van der Waals surface area contributed by atoms with Crippen molar-refractivity contribution in [1.82, 2.24) is 15.8 Å². The van der Waals surface area contributed by atoms with E-state index in [2.05, 4.69) is 10.4 Å². The average Bonchev–Trinajstić information content (AvgIpc) is 3.40. The van der Waals surface area contributed by atoms with Crippen molar-refractivity contribution in [2.24, 2.45) is 4.99 Å². The number of hydrazine groups is 1. The molecular weight excluding hydrogens is 508 g/mol. The Kier molecular flexibility index (Phi) is 8.18. The van der Waals surface area contributed by atoms with Crippen LogP contribution in [0.3, 0.4) is 0 Å². The van der Waals surface area contributed by atoms with E-state index in [0.29, 0.717) is 6.54 Å². The molecule has 3 aliphatic rings. The number of alkyl halides is 2. The van der Waals surface area contributed by atoms with E-state index in [9.17, 15) is 23.2 Å². The molecule has 1 aromatic carbocycles. The van der Waals surface area contributed by atoms with Gasteiger partial charge in [0, 0.05) is 44.1 Å². The number of halogens is 4. The maximum atomic E-state index is 15.1. The molecule has 0 saturated carbocycles. The first-order valence-corrected chi connectivity index (χ1v) is 12.2. The van der Waals surface area contributed by atoms with Crippen LogP contribution in [-0.2, 0) is 14.3 Å². The van der Waals surface area contributed by atoms with E-state index in [4.69, 9.17) is 4.74 Å². The number of rotatable bonds is 7. The zero-order chi connectivity index (χ0) is 25.8. The minimum Gasteiger partial charge on any atom is -0.442 e. The topological polar surface area (TPSA) is 107 Å². The van der Waals surface area contributed by atoms with Crippen molar-refractivity contribution in [2.75, 3.05) is 61.4 Å². The number of carbonyl (C=O) groups is 3. The number of ether oxygens (including phenoxy) is 1. The lowest BCUT2D eigenvalue weighted by atomic mass is 10.2. The second-order valence-corrected chi connectivity index (χ2v) is 9.33. The number of hydrogen-bond donors (Lipinski definition) is 2. The van der Waals surface area contributed by atoms with E-state index in [1.54, 1.807) is 0 Å². The van der Waals surface area contributed by atoms with Crippen molar-refractivity contribution in [3.63, 3.8) is 0 Å². The van der Waals surface area contributed by atoms with Crippen LogP contribution in [0.1, 0.15) is 6.42 Å². The van der Waals surface area contributed by atoms with Crippen LogP contribution in [0, 0.1) is 11.6 Å². The van der Waals surface area contributed by atoms with Crippen LogP contribution >= 0.6 is 11.8 Å². The summed E-state index contributed by atoms with van der Waals surface area (Å²) in [6.07, 6.45) is -4.92. The first kappa shape index (κ1) is 26.0. The number of anilines is 2. The van der Waals surface area contributed by atoms with Crippen LogP contribution in [0.5, 0.6) is 0 Å². The molecule has 1 atom stereocenters. The Hall–Kier alpha value is -3.07. The average molecular weight is 533 g/mol. The van der Waals surface area contributed by atoms with Crippen LogP contribution in [-0.4, -0.2) is 92.1 Å². The van der Waals surface area contributed by atoms with Gasteiger partial charge in [0.15, 0.2) is 11.6 Å². The molecule has 3 aliphatic heterocycles. The van der Waals surface area contributed by atoms with Crippen molar-refractivity contribution in [2.45, 2.75) is 19.0 Å². The zero-order valence-electron chi connectivity index (χ0n) is 19.0. The molecule has 10 nitrogen and oxygen atoms in total. The van der Waals surface area contributed by atoms with Gasteiger partial charge in [0.25, 0.3) is 5.91 Å². The van der Waals surface area contributed by atoms with Crippen LogP contribution in [0.2, 0.25) is 0 Å². The fraction of sp³-hybridized carbons (Fsp3) is 0.524. The van der Waals surface area contributed by atoms with Gasteiger partial charge in [0.05, 0.1) is 36.8 Å². The standard InChI is InChI=1S/C21H24F4N6O4S/c22-14-7-12(30-11-13(35-21(30)34)10-27-20(33)19(24)25)8-15(23)18(14)29-3-1-28-31(5-4-29)17(32)9-16-26-2-6-36-16/h7-8,13,19,28H,1-6,9-11H2,(H,27,33)/t13-/m0/s1. The Bertz CT molecular complexity index is 1040. The largest absolute Gasteiger partial charge is 0.442 e. The van der Waals surface area contributed by atoms with E-state index < -0.39 is 36.2 Å². The van der Waals surface area contributed by atoms with E-state index in [0.717, 1.165) is 27.8 Å². The van der Waals surface area contributed by atoms with Crippen molar-refractivity contribution in [3.8, 4) is 0 Å². The van der Waals surface area contributed by atoms with Gasteiger partial charge in [-0.05, 0) is 0 Å². The Morgan fingerprint density at radius 2 is 1.97 bits per heavy atom. The van der Waals surface area contributed by atoms with Crippen molar-refractivity contribution in [1.29, 1.82) is 0 Å². The molecular formula is C21H24F4N6O4S. The molecule has 3 amide bonds. The smallest absolute Gasteiger partial charge is 0.414 e. The predicted molar refractivity (Wildman–Crippen MR) is 124 cm³/mol. The lowest BCUT2D eigenvalue weighted by molar-refractivity contribution is -0.133. The fourth-order valence-electron chi connectivity index (χ4n) is 4.02. The lowest BCUT2D eigenvalue weighted by Crippen LogP contribution is -2.44. The number of carbonyl (C=O) groups excluding carboxylic acids is 3. The van der Waals surface area contributed by atoms with Gasteiger partial charge in [-0.15, -0.1) is 11.8 Å². The third-order valence-corrected chi connectivity index (χ3v) is 6.73. The summed E-state index contributed by atoms with van der Waals surface area (Å²) in [6, 6.07) is 1.97. The summed E-state index contributed by atoms with van der Waals surface area (Å²) in [5.74, 6) is -2.66. The van der Waals surface area contributed by atoms with Gasteiger partial charge >= 0.3 is 12.5 Å². The molecule has 0 unspecified atom stereocenters. The second kappa shape index (κ2) is 11.3. The maximum absolute atomic E-state index is 15.1. The number of thioether (sulfide) groups is 1. The van der Waals surface area contributed by atoms with E-state index in [1.807, 2.05) is 5.32 Å². The Morgan fingerprint density at radius 1 is 1.22 bits per heavy atom. The minimum atomic E-state index is -3.21. The van der Waals surface area contributed by atoms with Crippen LogP contribution in [0.4, 0.5) is 33.7 Å². The number of cyclic esters (lactones) is 1. The SMILES string of the molecule is O=C(NC[C@H]1CN(c2cc(F)c(N3CCNN(C(=O)CC4=NCCS4)CC3)c(F)c2)C(=O)O1)C(F)F. The molecule has 0 bridgehead atoms. The minimum absolute atomic E-state index is 0.110. The predicted octanol–water partition coefficient (Wildman–Crippen LogP) is 1.36. The highest BCUT2D eigenvalue weighted by atomic mass is 32.2. The first-order valence-electron chi connectivity index (χ1n) is 11.2. The molecule has 36 heavy (non-hydrogen) atoms. The van der Waals surface area contributed by atoms with E-state index in [-0.39, 0.29) is 63.0 Å². The van der Waals surface area contributed by atoms with Gasteiger partial charge in [-0.2, -0.15) is 8.78 Å². The number of amides is 3. The number of benzene rings is 1. The molecule has 3 heterocycles. The molecule has 0 aliphatic carbocycles. The van der Waals surface area contributed by atoms with Crippen molar-refractivity contribution < 1.29 is 36.7 Å². The Morgan fingerprint density at radius 3 is 2.64 bits per heavy atom. The number of nitrogens with zero attached hydrogens (tertiary/aromatic N) is 4. The molecule has 0 radical (unpaired) electrons. The number of aliphatic imine (C=N–C) groups is 1. The first-order chi connectivity index (χ1) is 17.2. The van der Waals surface area contributed by atoms with Gasteiger partial charge in [-0.3, -0.25) is 24.5 Å². The molecule has 0 spiro atoms. The summed E-state index contributed by atoms with van der Waals surface area (Å²) in [7, 11) is 0. The van der Waals surface area contributed by atoms with Crippen LogP contribution in [0.25, 0.3) is 0 Å². The molecule has 15 heteroatoms. The molecule has 1 aromatic rings. The molecule has 196 valence electrons. The third kappa shape index (κ3) is 6.00. The Balaban J connectivity index is 1.39. The highest BCUT2D eigenvalue weighted by Crippen LogP contribution is 2.31. The summed E-state index contributed by atoms with van der Waals surface area (Å²) < 4.78 is 59.8. The monoisotopic (exact) mass is 532 g/mol. The summed E-state index contributed by atoms with van der Waals surface area (Å²) in [4.78, 5) is 42.4. The zero-order valence-corrected chi connectivity index (χ0v) is 19.8. The van der Waals surface area contributed by atoms with E-state index >= 15 is 8.78 Å². The molecule has 4 rings (SSSR count). The highest BCUT2D eigenvalue weighted by molar-refractivity contribution is 8.14. The quantitative estimate of drug-likeness (QED) is 0.511. The summed E-state index contributed by atoms with van der Waals surface area (Å²) in [6.45, 7) is 1.01. The molecule has 0 aromatic heterocycles. The molecule has 2 saturated heterocycles. The fourth-order valence-corrected chi connectivity index (χ4v) is 4.85. The summed E-state index contributed by atoms with van der Waals surface area (Å²) in [5, 5.41) is 4.14. The van der Waals surface area contributed by atoms with Crippen molar-refractivity contribution in [3.05, 3.63) is 23.8 Å². The summed E-state index contributed by atoms with van der Waals surface area (Å²) in [5.41, 5.74) is 2.57. The lowest BCUT2D eigenvalue weighted by Gasteiger charge is -2.25.